The average Bonchev–Trinajstić information content (AvgIpc) is 3.39. The van der Waals surface area contributed by atoms with Gasteiger partial charge in [0.25, 0.3) is 0 Å². The summed E-state index contributed by atoms with van der Waals surface area (Å²) in [5.74, 6) is 0.387. The molecule has 0 aliphatic carbocycles. The van der Waals surface area contributed by atoms with Crippen LogP contribution in [0.4, 0.5) is 4.39 Å². The first kappa shape index (κ1) is 21.5. The maximum atomic E-state index is 13.4. The van der Waals surface area contributed by atoms with E-state index in [0.29, 0.717) is 46.8 Å². The molecule has 4 rings (SSSR count). The fourth-order valence-corrected chi connectivity index (χ4v) is 5.33. The summed E-state index contributed by atoms with van der Waals surface area (Å²) in [5.41, 5.74) is 1.74. The summed E-state index contributed by atoms with van der Waals surface area (Å²) in [6.45, 7) is 4.38. The van der Waals surface area contributed by atoms with E-state index >= 15 is 0 Å². The molecular weight excluding hydrogens is 441 g/mol. The third-order valence-corrected chi connectivity index (χ3v) is 7.67. The average molecular weight is 462 g/mol. The Labute approximate surface area is 183 Å². The first-order valence-electron chi connectivity index (χ1n) is 9.60. The molecule has 8 nitrogen and oxygen atoms in total. The second-order valence-corrected chi connectivity index (χ2v) is 9.49. The number of halogens is 1. The molecule has 0 unspecified atom stereocenters. The molecule has 0 saturated carbocycles. The zero-order valence-electron chi connectivity index (χ0n) is 16.9. The lowest BCUT2D eigenvalue weighted by atomic mass is 10.2. The van der Waals surface area contributed by atoms with Gasteiger partial charge >= 0.3 is 0 Å². The van der Waals surface area contributed by atoms with Gasteiger partial charge in [0.1, 0.15) is 12.1 Å². The molecule has 0 aliphatic heterocycles. The summed E-state index contributed by atoms with van der Waals surface area (Å²) in [6.07, 6.45) is 3.04. The Balaban J connectivity index is 1.56. The van der Waals surface area contributed by atoms with Gasteiger partial charge in [0.2, 0.25) is 15.9 Å². The van der Waals surface area contributed by atoms with Gasteiger partial charge in [-0.15, -0.1) is 10.2 Å². The minimum absolute atomic E-state index is 0.181. The molecule has 0 N–H and O–H groups in total. The number of rotatable bonds is 8. The van der Waals surface area contributed by atoms with E-state index in [9.17, 15) is 12.8 Å². The van der Waals surface area contributed by atoms with E-state index in [1.807, 2.05) is 0 Å². The summed E-state index contributed by atoms with van der Waals surface area (Å²) in [4.78, 5) is 4.57. The molecule has 0 amide bonds. The van der Waals surface area contributed by atoms with E-state index in [0.717, 1.165) is 0 Å². The van der Waals surface area contributed by atoms with Crippen LogP contribution in [0.15, 0.2) is 63.3 Å². The predicted octanol–water partition coefficient (Wildman–Crippen LogP) is 3.85. The van der Waals surface area contributed by atoms with Crippen molar-refractivity contribution in [1.82, 2.24) is 23.9 Å². The number of fused-ring (bicyclic) bond motifs is 1. The summed E-state index contributed by atoms with van der Waals surface area (Å²) in [5, 5.41) is 8.78. The molecule has 0 bridgehead atoms. The number of pyridine rings is 1. The Morgan fingerprint density at radius 1 is 1.16 bits per heavy atom. The number of nitrogens with zero attached hydrogens (tertiary/aromatic N) is 5. The van der Waals surface area contributed by atoms with Gasteiger partial charge in [0, 0.05) is 30.6 Å². The van der Waals surface area contributed by atoms with Crippen LogP contribution in [0.5, 0.6) is 0 Å². The van der Waals surface area contributed by atoms with Crippen LogP contribution < -0.4 is 0 Å². The molecule has 31 heavy (non-hydrogen) atoms. The van der Waals surface area contributed by atoms with Crippen molar-refractivity contribution < 1.29 is 17.2 Å². The van der Waals surface area contributed by atoms with Crippen LogP contribution in [0.2, 0.25) is 0 Å². The molecule has 162 valence electrons. The largest absolute Gasteiger partial charge is 0.444 e. The van der Waals surface area contributed by atoms with E-state index in [-0.39, 0.29) is 10.7 Å². The van der Waals surface area contributed by atoms with E-state index in [2.05, 4.69) is 15.2 Å². The maximum Gasteiger partial charge on any atom is 0.244 e. The Morgan fingerprint density at radius 2 is 1.97 bits per heavy atom. The Hall–Kier alpha value is -2.76. The molecule has 11 heteroatoms. The lowest BCUT2D eigenvalue weighted by molar-refractivity contribution is 0.445. The minimum atomic E-state index is -3.60. The van der Waals surface area contributed by atoms with Gasteiger partial charge in [-0.25, -0.2) is 17.8 Å². The normalized spacial score (nSPS) is 12.1. The molecule has 1 aromatic carbocycles. The number of sulfonamides is 1. The van der Waals surface area contributed by atoms with Crippen LogP contribution in [-0.2, 0) is 15.8 Å². The number of hydrogen-bond donors (Lipinski definition) is 0. The highest BCUT2D eigenvalue weighted by atomic mass is 32.2. The number of benzene rings is 1. The molecule has 3 aromatic heterocycles. The molecule has 0 radical (unpaired) electrons. The monoisotopic (exact) mass is 461 g/mol. The second-order valence-electron chi connectivity index (χ2n) is 6.61. The zero-order valence-corrected chi connectivity index (χ0v) is 18.5. The molecule has 4 aromatic rings. The van der Waals surface area contributed by atoms with Crippen molar-refractivity contribution in [2.24, 2.45) is 0 Å². The van der Waals surface area contributed by atoms with Crippen molar-refractivity contribution in [3.8, 4) is 11.5 Å². The third-order valence-electron chi connectivity index (χ3n) is 4.66. The van der Waals surface area contributed by atoms with Crippen LogP contribution in [-0.4, -0.2) is 45.4 Å². The molecular formula is C20H20FN5O3S2. The van der Waals surface area contributed by atoms with Gasteiger partial charge in [-0.05, 0) is 30.3 Å². The highest BCUT2D eigenvalue weighted by Crippen LogP contribution is 2.26. The summed E-state index contributed by atoms with van der Waals surface area (Å²) in [7, 11) is -3.60. The quantitative estimate of drug-likeness (QED) is 0.368. The van der Waals surface area contributed by atoms with Crippen LogP contribution in [0.3, 0.4) is 0 Å². The molecule has 0 spiro atoms. The first-order chi connectivity index (χ1) is 14.9. The van der Waals surface area contributed by atoms with E-state index in [4.69, 9.17) is 4.42 Å². The van der Waals surface area contributed by atoms with Gasteiger partial charge in [-0.2, -0.15) is 4.31 Å². The van der Waals surface area contributed by atoms with Gasteiger partial charge in [0.15, 0.2) is 10.8 Å². The second kappa shape index (κ2) is 8.77. The van der Waals surface area contributed by atoms with Gasteiger partial charge < -0.3 is 4.42 Å². The van der Waals surface area contributed by atoms with Crippen LogP contribution in [0, 0.1) is 5.82 Å². The van der Waals surface area contributed by atoms with E-state index in [1.165, 1.54) is 46.7 Å². The van der Waals surface area contributed by atoms with Crippen LogP contribution in [0.1, 0.15) is 19.5 Å². The minimum Gasteiger partial charge on any atom is -0.444 e. The Bertz CT molecular complexity index is 1320. The molecule has 0 aliphatic rings. The molecule has 0 atom stereocenters. The number of oxazole rings is 1. The summed E-state index contributed by atoms with van der Waals surface area (Å²) < 4.78 is 47.6. The number of aromatic nitrogens is 4. The highest BCUT2D eigenvalue weighted by Gasteiger charge is 2.23. The first-order valence-corrected chi connectivity index (χ1v) is 12.0. The van der Waals surface area contributed by atoms with Crippen molar-refractivity contribution in [2.45, 2.75) is 29.7 Å². The lowest BCUT2D eigenvalue weighted by Gasteiger charge is -2.18. The predicted molar refractivity (Wildman–Crippen MR) is 115 cm³/mol. The fourth-order valence-electron chi connectivity index (χ4n) is 3.08. The SMILES string of the molecule is CCN(CC)S(=O)(=O)c1ccc2nnc(SCc3coc(-c4cccc(F)c4)n3)n2c1. The lowest BCUT2D eigenvalue weighted by Crippen LogP contribution is -2.30. The van der Waals surface area contributed by atoms with Crippen molar-refractivity contribution in [3.63, 3.8) is 0 Å². The van der Waals surface area contributed by atoms with Crippen molar-refractivity contribution in [2.75, 3.05) is 13.1 Å². The zero-order chi connectivity index (χ0) is 22.0. The smallest absolute Gasteiger partial charge is 0.244 e. The van der Waals surface area contributed by atoms with E-state index < -0.39 is 10.0 Å². The summed E-state index contributed by atoms with van der Waals surface area (Å²) >= 11 is 1.34. The standard InChI is InChI=1S/C20H20FN5O3S2/c1-3-25(4-2)31(27,28)17-8-9-18-23-24-20(26(18)11-17)30-13-16-12-29-19(22-16)14-6-5-7-15(21)10-14/h5-12H,3-4,13H2,1-2H3. The van der Waals surface area contributed by atoms with E-state index in [1.54, 1.807) is 36.4 Å². The van der Waals surface area contributed by atoms with Gasteiger partial charge in [-0.3, -0.25) is 4.40 Å². The van der Waals surface area contributed by atoms with Crippen molar-refractivity contribution in [3.05, 3.63) is 60.4 Å². The van der Waals surface area contributed by atoms with Crippen molar-refractivity contribution >= 4 is 27.4 Å². The fraction of sp³-hybridized carbons (Fsp3) is 0.250. The molecule has 0 fully saturated rings. The van der Waals surface area contributed by atoms with Crippen LogP contribution >= 0.6 is 11.8 Å². The topological polar surface area (TPSA) is 93.6 Å². The highest BCUT2D eigenvalue weighted by molar-refractivity contribution is 7.98. The maximum absolute atomic E-state index is 13.4. The number of hydrogen-bond acceptors (Lipinski definition) is 7. The van der Waals surface area contributed by atoms with Crippen LogP contribution in [0.25, 0.3) is 17.1 Å². The Kier molecular flexibility index (Phi) is 6.08. The number of thioether (sulfide) groups is 1. The summed E-state index contributed by atoms with van der Waals surface area (Å²) in [6, 6.07) is 9.19. The molecule has 0 saturated heterocycles. The third kappa shape index (κ3) is 4.34. The van der Waals surface area contributed by atoms with Crippen molar-refractivity contribution in [1.29, 1.82) is 0 Å². The van der Waals surface area contributed by atoms with Gasteiger partial charge in [-0.1, -0.05) is 31.7 Å². The Morgan fingerprint density at radius 3 is 2.71 bits per heavy atom. The van der Waals surface area contributed by atoms with Gasteiger partial charge in [0.05, 0.1) is 10.6 Å². The molecule has 3 heterocycles.